The van der Waals surface area contributed by atoms with Gasteiger partial charge in [-0.2, -0.15) is 4.98 Å². The van der Waals surface area contributed by atoms with Gasteiger partial charge in [-0.25, -0.2) is 4.98 Å². The van der Waals surface area contributed by atoms with Gasteiger partial charge in [-0.05, 0) is 24.0 Å². The number of ether oxygens (including phenoxy) is 1. The molecule has 3 aliphatic heterocycles. The maximum Gasteiger partial charge on any atom is 0.227 e. The van der Waals surface area contributed by atoms with Crippen LogP contribution in [-0.2, 0) is 22.3 Å². The zero-order chi connectivity index (χ0) is 14.2. The topological polar surface area (TPSA) is 73.3 Å². The van der Waals surface area contributed by atoms with E-state index in [1.807, 2.05) is 0 Å². The van der Waals surface area contributed by atoms with Gasteiger partial charge in [-0.3, -0.25) is 0 Å². The van der Waals surface area contributed by atoms with Crippen LogP contribution >= 0.6 is 0 Å². The molecule has 113 valence electrons. The second-order valence-corrected chi connectivity index (χ2v) is 7.18. The number of rotatable bonds is 3. The van der Waals surface area contributed by atoms with E-state index in [1.165, 1.54) is 0 Å². The number of fused-ring (bicyclic) bond motifs is 1. The zero-order valence-electron chi connectivity index (χ0n) is 11.9. The number of nitrogens with zero attached hydrogens (tertiary/aromatic N) is 3. The van der Waals surface area contributed by atoms with E-state index < -0.39 is 11.2 Å². The second kappa shape index (κ2) is 5.62. The number of anilines is 2. The van der Waals surface area contributed by atoms with E-state index in [9.17, 15) is 4.55 Å². The Balaban J connectivity index is 1.64. The Morgan fingerprint density at radius 2 is 2.10 bits per heavy atom. The maximum atomic E-state index is 12.2. The Morgan fingerprint density at radius 1 is 1.29 bits per heavy atom. The average Bonchev–Trinajstić information content (AvgIpc) is 2.80. The zero-order valence-corrected chi connectivity index (χ0v) is 12.7. The number of aryl methyl sites for hydroxylation is 1. The Hall–Kier alpha value is -1.05. The Kier molecular flexibility index (Phi) is 3.64. The van der Waals surface area contributed by atoms with Gasteiger partial charge < -0.3 is 19.5 Å². The lowest BCUT2D eigenvalue weighted by Crippen LogP contribution is -2.39. The Labute approximate surface area is 127 Å². The second-order valence-electron chi connectivity index (χ2n) is 5.67. The van der Waals surface area contributed by atoms with Crippen LogP contribution in [0.15, 0.2) is 4.90 Å². The summed E-state index contributed by atoms with van der Waals surface area (Å²) in [6, 6.07) is 0.353. The first-order chi connectivity index (χ1) is 10.3. The highest BCUT2D eigenvalue weighted by Gasteiger charge is 2.34. The largest absolute Gasteiger partial charge is 0.611 e. The van der Waals surface area contributed by atoms with Crippen molar-refractivity contribution in [3.8, 4) is 0 Å². The maximum absolute atomic E-state index is 12.2. The molecule has 1 radical (unpaired) electrons. The number of hydrogen-bond donors (Lipinski definition) is 1. The molecule has 1 aromatic rings. The van der Waals surface area contributed by atoms with Crippen LogP contribution in [0.25, 0.3) is 0 Å². The first-order valence-corrected chi connectivity index (χ1v) is 8.83. The van der Waals surface area contributed by atoms with E-state index in [0.29, 0.717) is 11.8 Å². The van der Waals surface area contributed by atoms with Gasteiger partial charge in [0.15, 0.2) is 5.82 Å². The lowest BCUT2D eigenvalue weighted by atomic mass is 10.1. The standard InChI is InChI=1S/C14H19N4O2S/c19-21-9-4-11-12(21)13(15-10-2-7-20-8-3-10)17-14(16-11)18-5-1-6-18/h1,10H,2-9H2,(H,15,16,17). The first kappa shape index (κ1) is 13.6. The van der Waals surface area contributed by atoms with Crippen LogP contribution in [0, 0.1) is 6.42 Å². The smallest absolute Gasteiger partial charge is 0.227 e. The fourth-order valence-corrected chi connectivity index (χ4v) is 4.19. The Morgan fingerprint density at radius 3 is 2.81 bits per heavy atom. The van der Waals surface area contributed by atoms with Crippen molar-refractivity contribution in [1.82, 2.24) is 9.97 Å². The summed E-state index contributed by atoms with van der Waals surface area (Å²) in [6.45, 7) is 3.36. The van der Waals surface area contributed by atoms with Crippen LogP contribution in [0.1, 0.15) is 18.5 Å². The number of aromatic nitrogens is 2. The molecule has 0 aliphatic carbocycles. The van der Waals surface area contributed by atoms with Crippen molar-refractivity contribution in [2.45, 2.75) is 30.2 Å². The molecule has 4 rings (SSSR count). The van der Waals surface area contributed by atoms with E-state index in [2.05, 4.69) is 26.6 Å². The third-order valence-corrected chi connectivity index (χ3v) is 5.68. The van der Waals surface area contributed by atoms with Gasteiger partial charge in [0.25, 0.3) is 0 Å². The van der Waals surface area contributed by atoms with Crippen molar-refractivity contribution in [3.63, 3.8) is 0 Å². The lowest BCUT2D eigenvalue weighted by Gasteiger charge is -2.31. The third-order valence-electron chi connectivity index (χ3n) is 4.22. The Bertz CT molecular complexity index is 532. The predicted octanol–water partition coefficient (Wildman–Crippen LogP) is 0.755. The minimum Gasteiger partial charge on any atom is -0.611 e. The van der Waals surface area contributed by atoms with Crippen LogP contribution in [0.4, 0.5) is 11.8 Å². The molecular weight excluding hydrogens is 288 g/mol. The van der Waals surface area contributed by atoms with Crippen LogP contribution in [0.3, 0.4) is 0 Å². The van der Waals surface area contributed by atoms with Gasteiger partial charge >= 0.3 is 0 Å². The van der Waals surface area contributed by atoms with E-state index in [-0.39, 0.29) is 0 Å². The van der Waals surface area contributed by atoms with Crippen LogP contribution < -0.4 is 10.2 Å². The van der Waals surface area contributed by atoms with E-state index >= 15 is 0 Å². The monoisotopic (exact) mass is 307 g/mol. The van der Waals surface area contributed by atoms with Gasteiger partial charge in [-0.1, -0.05) is 0 Å². The molecule has 0 saturated carbocycles. The lowest BCUT2D eigenvalue weighted by molar-refractivity contribution is 0.0903. The molecule has 0 spiro atoms. The molecule has 1 atom stereocenters. The predicted molar refractivity (Wildman–Crippen MR) is 81.0 cm³/mol. The molecule has 2 saturated heterocycles. The van der Waals surface area contributed by atoms with E-state index in [4.69, 9.17) is 4.74 Å². The van der Waals surface area contributed by atoms with E-state index in [1.54, 1.807) is 0 Å². The molecule has 4 heterocycles. The highest BCUT2D eigenvalue weighted by molar-refractivity contribution is 7.91. The highest BCUT2D eigenvalue weighted by Crippen LogP contribution is 2.33. The highest BCUT2D eigenvalue weighted by atomic mass is 32.2. The summed E-state index contributed by atoms with van der Waals surface area (Å²) < 4.78 is 17.6. The van der Waals surface area contributed by atoms with Crippen LogP contribution in [0.5, 0.6) is 0 Å². The summed E-state index contributed by atoms with van der Waals surface area (Å²) in [5, 5.41) is 3.49. The molecule has 2 fully saturated rings. The molecule has 21 heavy (non-hydrogen) atoms. The molecule has 6 nitrogen and oxygen atoms in total. The summed E-state index contributed by atoms with van der Waals surface area (Å²) in [7, 11) is 0. The summed E-state index contributed by atoms with van der Waals surface area (Å²) in [5.41, 5.74) is 0.958. The fraction of sp³-hybridized carbons (Fsp3) is 0.643. The summed E-state index contributed by atoms with van der Waals surface area (Å²) in [5.74, 6) is 2.22. The molecule has 0 bridgehead atoms. The molecule has 0 amide bonds. The van der Waals surface area contributed by atoms with Crippen molar-refractivity contribution >= 4 is 22.9 Å². The summed E-state index contributed by atoms with van der Waals surface area (Å²) in [4.78, 5) is 12.2. The van der Waals surface area contributed by atoms with Crippen molar-refractivity contribution in [2.75, 3.05) is 42.3 Å². The van der Waals surface area contributed by atoms with Gasteiger partial charge in [0, 0.05) is 45.2 Å². The quantitative estimate of drug-likeness (QED) is 0.831. The average molecular weight is 307 g/mol. The molecule has 1 unspecified atom stereocenters. The van der Waals surface area contributed by atoms with E-state index in [0.717, 1.165) is 67.9 Å². The van der Waals surface area contributed by atoms with Crippen molar-refractivity contribution < 1.29 is 9.29 Å². The van der Waals surface area contributed by atoms with Gasteiger partial charge in [-0.15, -0.1) is 0 Å². The number of hydrogen-bond acceptors (Lipinski definition) is 6. The third kappa shape index (κ3) is 2.58. The fourth-order valence-electron chi connectivity index (χ4n) is 2.88. The van der Waals surface area contributed by atoms with Crippen molar-refractivity contribution in [2.24, 2.45) is 0 Å². The molecule has 1 aromatic heterocycles. The molecule has 1 N–H and O–H groups in total. The SMILES string of the molecule is [O-][S+]1CCc2nc(N3C[CH]C3)nc(NC3CCOCC3)c21. The molecular formula is C14H19N4O2S. The molecule has 3 aliphatic rings. The van der Waals surface area contributed by atoms with Crippen LogP contribution in [-0.4, -0.2) is 52.6 Å². The van der Waals surface area contributed by atoms with Crippen molar-refractivity contribution in [3.05, 3.63) is 12.1 Å². The summed E-state index contributed by atoms with van der Waals surface area (Å²) >= 11 is -0.964. The normalized spacial score (nSPS) is 25.6. The van der Waals surface area contributed by atoms with Crippen molar-refractivity contribution in [1.29, 1.82) is 0 Å². The number of nitrogens with one attached hydrogen (secondary N) is 1. The molecule has 7 heteroatoms. The van der Waals surface area contributed by atoms with Gasteiger partial charge in [0.2, 0.25) is 10.8 Å². The van der Waals surface area contributed by atoms with Crippen LogP contribution in [0.2, 0.25) is 0 Å². The minimum atomic E-state index is -0.964. The first-order valence-electron chi connectivity index (χ1n) is 7.51. The van der Waals surface area contributed by atoms with Gasteiger partial charge in [0.1, 0.15) is 11.4 Å². The van der Waals surface area contributed by atoms with Gasteiger partial charge in [0.05, 0.1) is 0 Å². The summed E-state index contributed by atoms with van der Waals surface area (Å²) in [6.07, 6.45) is 4.92. The molecule has 0 aromatic carbocycles. The minimum absolute atomic E-state index is 0.353.